The number of anilines is 1. The fourth-order valence-electron chi connectivity index (χ4n) is 2.11. The lowest BCUT2D eigenvalue weighted by Crippen LogP contribution is -2.41. The maximum atomic E-state index is 12.3. The van der Waals surface area contributed by atoms with Crippen molar-refractivity contribution in [3.63, 3.8) is 0 Å². The Hall–Kier alpha value is -2.33. The molecule has 1 fully saturated rings. The average Bonchev–Trinajstić information content (AvgIpc) is 3.13. The minimum atomic E-state index is -0.285. The van der Waals surface area contributed by atoms with Gasteiger partial charge in [-0.05, 0) is 6.92 Å². The lowest BCUT2D eigenvalue weighted by molar-refractivity contribution is -0.114. The molecule has 1 aliphatic heterocycles. The van der Waals surface area contributed by atoms with E-state index in [0.29, 0.717) is 42.0 Å². The Bertz CT molecular complexity index is 735. The van der Waals surface area contributed by atoms with Crippen molar-refractivity contribution in [3.8, 4) is 10.8 Å². The quantitative estimate of drug-likeness (QED) is 0.887. The van der Waals surface area contributed by atoms with E-state index in [-0.39, 0.29) is 23.5 Å². The summed E-state index contributed by atoms with van der Waals surface area (Å²) in [6.07, 6.45) is 0. The van der Waals surface area contributed by atoms with Crippen LogP contribution in [0.5, 0.6) is 0 Å². The van der Waals surface area contributed by atoms with Crippen molar-refractivity contribution in [1.29, 1.82) is 0 Å². The van der Waals surface area contributed by atoms with Crippen LogP contribution in [-0.2, 0) is 9.53 Å². The molecule has 0 unspecified atom stereocenters. The second kappa shape index (κ2) is 6.42. The number of nitrogens with one attached hydrogen (secondary N) is 1. The van der Waals surface area contributed by atoms with Crippen LogP contribution in [0.3, 0.4) is 0 Å². The molecule has 0 aliphatic carbocycles. The topological polar surface area (TPSA) is 110 Å². The van der Waals surface area contributed by atoms with Crippen molar-refractivity contribution in [3.05, 3.63) is 11.5 Å². The van der Waals surface area contributed by atoms with Crippen molar-refractivity contribution < 1.29 is 18.8 Å². The van der Waals surface area contributed by atoms with Crippen LogP contribution in [0.1, 0.15) is 23.2 Å². The van der Waals surface area contributed by atoms with Crippen molar-refractivity contribution in [2.75, 3.05) is 31.6 Å². The largest absolute Gasteiger partial charge is 0.378 e. The summed E-state index contributed by atoms with van der Waals surface area (Å²) in [5, 5.41) is 6.81. The number of rotatable bonds is 3. The van der Waals surface area contributed by atoms with E-state index in [4.69, 9.17) is 9.26 Å². The minimum Gasteiger partial charge on any atom is -0.378 e. The number of carbonyl (C=O) groups excluding carboxylic acids is 2. The maximum Gasteiger partial charge on any atom is 0.295 e. The highest BCUT2D eigenvalue weighted by molar-refractivity contribution is 7.19. The number of aromatic nitrogens is 3. The minimum absolute atomic E-state index is 0.00998. The molecular weight excluding hydrogens is 322 g/mol. The zero-order valence-corrected chi connectivity index (χ0v) is 13.5. The van der Waals surface area contributed by atoms with Gasteiger partial charge >= 0.3 is 0 Å². The van der Waals surface area contributed by atoms with E-state index in [2.05, 4.69) is 20.4 Å². The van der Waals surface area contributed by atoms with E-state index in [9.17, 15) is 9.59 Å². The molecule has 10 heteroatoms. The number of amides is 2. The van der Waals surface area contributed by atoms with Gasteiger partial charge in [0.25, 0.3) is 17.6 Å². The molecule has 3 rings (SSSR count). The van der Waals surface area contributed by atoms with Crippen LogP contribution in [0.4, 0.5) is 5.13 Å². The number of thiazole rings is 1. The Balaban J connectivity index is 1.80. The van der Waals surface area contributed by atoms with Gasteiger partial charge in [-0.3, -0.25) is 9.59 Å². The molecule has 1 aliphatic rings. The van der Waals surface area contributed by atoms with Gasteiger partial charge in [0.05, 0.1) is 18.9 Å². The molecule has 0 saturated carbocycles. The highest BCUT2D eigenvalue weighted by atomic mass is 32.1. The first-order chi connectivity index (χ1) is 11.0. The summed E-state index contributed by atoms with van der Waals surface area (Å²) in [6.45, 7) is 5.20. The van der Waals surface area contributed by atoms with Gasteiger partial charge in [0.1, 0.15) is 4.88 Å². The summed E-state index contributed by atoms with van der Waals surface area (Å²) in [4.78, 5) is 34.0. The monoisotopic (exact) mass is 337 g/mol. The summed E-state index contributed by atoms with van der Waals surface area (Å²) in [5.74, 6) is -0.268. The van der Waals surface area contributed by atoms with Gasteiger partial charge in [-0.15, -0.1) is 0 Å². The fourth-order valence-corrected chi connectivity index (χ4v) is 3.04. The third-order valence-electron chi connectivity index (χ3n) is 3.19. The molecule has 1 N–H and O–H groups in total. The van der Waals surface area contributed by atoms with Crippen molar-refractivity contribution in [2.45, 2.75) is 13.8 Å². The molecule has 0 radical (unpaired) electrons. The van der Waals surface area contributed by atoms with Crippen LogP contribution < -0.4 is 5.32 Å². The Labute approximate surface area is 135 Å². The first-order valence-corrected chi connectivity index (χ1v) is 7.82. The molecule has 2 aromatic heterocycles. The first kappa shape index (κ1) is 15.6. The lowest BCUT2D eigenvalue weighted by Gasteiger charge is -2.25. The van der Waals surface area contributed by atoms with Crippen LogP contribution in [0.15, 0.2) is 4.52 Å². The SMILES string of the molecule is CC(=O)Nc1nc(C)c(-c2nc(C(=O)N3CCOCC3)no2)s1. The molecule has 3 heterocycles. The van der Waals surface area contributed by atoms with Crippen molar-refractivity contribution in [2.24, 2.45) is 0 Å². The van der Waals surface area contributed by atoms with Crippen LogP contribution >= 0.6 is 11.3 Å². The molecule has 23 heavy (non-hydrogen) atoms. The predicted molar refractivity (Wildman–Crippen MR) is 81.2 cm³/mol. The van der Waals surface area contributed by atoms with Gasteiger partial charge in [0.2, 0.25) is 5.91 Å². The van der Waals surface area contributed by atoms with Gasteiger partial charge in [0, 0.05) is 20.0 Å². The lowest BCUT2D eigenvalue weighted by atomic mass is 10.4. The van der Waals surface area contributed by atoms with Gasteiger partial charge in [-0.2, -0.15) is 4.98 Å². The van der Waals surface area contributed by atoms with Gasteiger partial charge < -0.3 is 19.5 Å². The van der Waals surface area contributed by atoms with Gasteiger partial charge in [-0.1, -0.05) is 16.5 Å². The summed E-state index contributed by atoms with van der Waals surface area (Å²) >= 11 is 1.22. The molecule has 9 nitrogen and oxygen atoms in total. The zero-order chi connectivity index (χ0) is 16.4. The van der Waals surface area contributed by atoms with E-state index >= 15 is 0 Å². The molecule has 2 aromatic rings. The molecule has 0 bridgehead atoms. The number of hydrogen-bond donors (Lipinski definition) is 1. The third-order valence-corrected chi connectivity index (χ3v) is 4.25. The Morgan fingerprint density at radius 3 is 2.70 bits per heavy atom. The summed E-state index contributed by atoms with van der Waals surface area (Å²) in [5.41, 5.74) is 0.646. The van der Waals surface area contributed by atoms with Crippen molar-refractivity contribution >= 4 is 28.3 Å². The molecule has 2 amide bonds. The second-order valence-electron chi connectivity index (χ2n) is 4.94. The second-order valence-corrected chi connectivity index (χ2v) is 5.94. The Morgan fingerprint density at radius 2 is 2.00 bits per heavy atom. The van der Waals surface area contributed by atoms with Crippen LogP contribution in [-0.4, -0.2) is 58.1 Å². The van der Waals surface area contributed by atoms with Crippen LogP contribution in [0, 0.1) is 6.92 Å². The number of ether oxygens (including phenoxy) is 1. The maximum absolute atomic E-state index is 12.3. The van der Waals surface area contributed by atoms with Crippen LogP contribution in [0.25, 0.3) is 10.8 Å². The van der Waals surface area contributed by atoms with Crippen LogP contribution in [0.2, 0.25) is 0 Å². The Morgan fingerprint density at radius 1 is 1.26 bits per heavy atom. The van der Waals surface area contributed by atoms with Crippen molar-refractivity contribution in [1.82, 2.24) is 20.0 Å². The highest BCUT2D eigenvalue weighted by Gasteiger charge is 2.25. The van der Waals surface area contributed by atoms with E-state index < -0.39 is 0 Å². The number of nitrogens with zero attached hydrogens (tertiary/aromatic N) is 4. The van der Waals surface area contributed by atoms with Gasteiger partial charge in [0.15, 0.2) is 5.13 Å². The number of morpholine rings is 1. The molecule has 122 valence electrons. The predicted octanol–water partition coefficient (Wildman–Crippen LogP) is 0.932. The van der Waals surface area contributed by atoms with E-state index in [1.54, 1.807) is 11.8 Å². The standard InChI is InChI=1S/C13H15N5O4S/c1-7-9(23-13(14-7)15-8(2)19)11-16-10(17-22-11)12(20)18-3-5-21-6-4-18/h3-6H2,1-2H3,(H,14,15,19). The number of carbonyl (C=O) groups is 2. The molecule has 0 atom stereocenters. The fraction of sp³-hybridized carbons (Fsp3) is 0.462. The van der Waals surface area contributed by atoms with E-state index in [1.165, 1.54) is 18.3 Å². The normalized spacial score (nSPS) is 14.8. The summed E-state index contributed by atoms with van der Waals surface area (Å²) < 4.78 is 10.4. The summed E-state index contributed by atoms with van der Waals surface area (Å²) in [7, 11) is 0. The van der Waals surface area contributed by atoms with E-state index in [1.807, 2.05) is 0 Å². The van der Waals surface area contributed by atoms with Gasteiger partial charge in [-0.25, -0.2) is 4.98 Å². The first-order valence-electron chi connectivity index (χ1n) is 7.00. The number of hydrogen-bond acceptors (Lipinski definition) is 8. The average molecular weight is 337 g/mol. The third kappa shape index (κ3) is 3.37. The Kier molecular flexibility index (Phi) is 4.35. The summed E-state index contributed by atoms with van der Waals surface area (Å²) in [6, 6.07) is 0. The van der Waals surface area contributed by atoms with E-state index in [0.717, 1.165) is 0 Å². The smallest absolute Gasteiger partial charge is 0.295 e. The molecular formula is C13H15N5O4S. The molecule has 0 aromatic carbocycles. The molecule has 1 saturated heterocycles. The zero-order valence-electron chi connectivity index (χ0n) is 12.7. The number of aryl methyl sites for hydroxylation is 1. The molecule has 0 spiro atoms. The highest BCUT2D eigenvalue weighted by Crippen LogP contribution is 2.31.